The van der Waals surface area contributed by atoms with Crippen molar-refractivity contribution in [3.05, 3.63) is 24.3 Å². The second-order valence-electron chi connectivity index (χ2n) is 8.69. The predicted molar refractivity (Wildman–Crippen MR) is 89.5 cm³/mol. The van der Waals surface area contributed by atoms with Crippen LogP contribution in [-0.4, -0.2) is 11.1 Å². The summed E-state index contributed by atoms with van der Waals surface area (Å²) in [5.74, 6) is 0.322. The largest absolute Gasteiger partial charge is 0.481 e. The number of carbonyl (C=O) groups is 1. The lowest BCUT2D eigenvalue weighted by atomic mass is 9.45. The van der Waals surface area contributed by atoms with Crippen LogP contribution in [0.4, 0.5) is 0 Å². The van der Waals surface area contributed by atoms with Crippen LogP contribution in [0.1, 0.15) is 65.7 Å². The van der Waals surface area contributed by atoms with Gasteiger partial charge in [-0.3, -0.25) is 4.79 Å². The van der Waals surface area contributed by atoms with Gasteiger partial charge in [0.1, 0.15) is 0 Å². The van der Waals surface area contributed by atoms with Crippen molar-refractivity contribution in [1.82, 2.24) is 0 Å². The number of aliphatic carboxylic acids is 1. The molecule has 122 valence electrons. The van der Waals surface area contributed by atoms with Crippen LogP contribution in [0.3, 0.4) is 0 Å². The van der Waals surface area contributed by atoms with E-state index in [1.807, 2.05) is 6.92 Å². The number of rotatable bonds is 2. The molecule has 5 atom stereocenters. The van der Waals surface area contributed by atoms with Crippen molar-refractivity contribution < 1.29 is 9.90 Å². The molecule has 2 nitrogen and oxygen atoms in total. The van der Waals surface area contributed by atoms with E-state index < -0.39 is 11.4 Å². The molecule has 0 aromatic rings. The van der Waals surface area contributed by atoms with E-state index in [2.05, 4.69) is 32.6 Å². The summed E-state index contributed by atoms with van der Waals surface area (Å²) in [5, 5.41) is 9.84. The Morgan fingerprint density at radius 1 is 1.27 bits per heavy atom. The zero-order chi connectivity index (χ0) is 16.2. The SMILES string of the molecule is C=CC1(C)C=C2CC[C@H]3[C@@](C)(C(=O)O)CCC[C@]3(C)C2CC1. The van der Waals surface area contributed by atoms with Crippen LogP contribution < -0.4 is 0 Å². The molecule has 0 saturated heterocycles. The third kappa shape index (κ3) is 2.10. The number of carboxylic acids is 1. The van der Waals surface area contributed by atoms with Crippen LogP contribution in [0.5, 0.6) is 0 Å². The summed E-state index contributed by atoms with van der Waals surface area (Å²) in [6, 6.07) is 0. The molecule has 0 aromatic carbocycles. The number of carboxylic acid groups (broad SMARTS) is 1. The minimum atomic E-state index is -0.581. The average Bonchev–Trinajstić information content (AvgIpc) is 2.46. The van der Waals surface area contributed by atoms with Gasteiger partial charge < -0.3 is 5.11 Å². The molecule has 22 heavy (non-hydrogen) atoms. The van der Waals surface area contributed by atoms with E-state index in [0.717, 1.165) is 32.1 Å². The Morgan fingerprint density at radius 2 is 2.00 bits per heavy atom. The van der Waals surface area contributed by atoms with E-state index in [9.17, 15) is 9.90 Å². The molecule has 0 aliphatic heterocycles. The van der Waals surface area contributed by atoms with Crippen molar-refractivity contribution in [3.63, 3.8) is 0 Å². The molecular formula is C20H30O2. The molecule has 1 N–H and O–H groups in total. The van der Waals surface area contributed by atoms with Crippen LogP contribution >= 0.6 is 0 Å². The fourth-order valence-corrected chi connectivity index (χ4v) is 5.94. The highest BCUT2D eigenvalue weighted by atomic mass is 16.4. The first-order chi connectivity index (χ1) is 10.3. The molecule has 2 heteroatoms. The van der Waals surface area contributed by atoms with Gasteiger partial charge in [0.15, 0.2) is 0 Å². The third-order valence-electron chi connectivity index (χ3n) is 7.38. The standard InChI is InChI=1S/C20H30O2/c1-5-18(2)12-9-15-14(13-18)7-8-16-19(15,3)10-6-11-20(16,4)17(21)22/h5,13,15-16H,1,6-12H2,2-4H3,(H,21,22)/t15?,16-,18?,19-,20+/m1/s1. The normalized spacial score (nSPS) is 47.9. The van der Waals surface area contributed by atoms with Gasteiger partial charge >= 0.3 is 5.97 Å². The van der Waals surface area contributed by atoms with E-state index in [1.165, 1.54) is 12.8 Å². The monoisotopic (exact) mass is 302 g/mol. The van der Waals surface area contributed by atoms with Gasteiger partial charge in [-0.1, -0.05) is 38.0 Å². The Kier molecular flexibility index (Phi) is 3.58. The molecule has 0 spiro atoms. The summed E-state index contributed by atoms with van der Waals surface area (Å²) in [6.45, 7) is 10.7. The minimum absolute atomic E-state index is 0.139. The first-order valence-corrected chi connectivity index (χ1v) is 8.84. The molecule has 0 heterocycles. The Hall–Kier alpha value is -1.05. The lowest BCUT2D eigenvalue weighted by molar-refractivity contribution is -0.164. The van der Waals surface area contributed by atoms with Crippen LogP contribution in [-0.2, 0) is 4.79 Å². The molecule has 0 bridgehead atoms. The van der Waals surface area contributed by atoms with Gasteiger partial charge in [0.05, 0.1) is 5.41 Å². The van der Waals surface area contributed by atoms with Gasteiger partial charge in [-0.25, -0.2) is 0 Å². The summed E-state index contributed by atoms with van der Waals surface area (Å²) in [4.78, 5) is 12.0. The molecular weight excluding hydrogens is 272 g/mol. The van der Waals surface area contributed by atoms with Crippen molar-refractivity contribution in [3.8, 4) is 0 Å². The van der Waals surface area contributed by atoms with Gasteiger partial charge in [-0.15, -0.1) is 6.58 Å². The molecule has 0 radical (unpaired) electrons. The summed E-state index contributed by atoms with van der Waals surface area (Å²) in [7, 11) is 0. The van der Waals surface area contributed by atoms with Crippen molar-refractivity contribution in [2.24, 2.45) is 28.1 Å². The van der Waals surface area contributed by atoms with Gasteiger partial charge in [0.2, 0.25) is 0 Å². The number of fused-ring (bicyclic) bond motifs is 3. The molecule has 0 aromatic heterocycles. The summed E-state index contributed by atoms with van der Waals surface area (Å²) < 4.78 is 0. The van der Waals surface area contributed by atoms with Gasteiger partial charge in [-0.2, -0.15) is 0 Å². The second-order valence-corrected chi connectivity index (χ2v) is 8.69. The highest BCUT2D eigenvalue weighted by molar-refractivity contribution is 5.75. The van der Waals surface area contributed by atoms with E-state index >= 15 is 0 Å². The Labute approximate surface area is 134 Å². The van der Waals surface area contributed by atoms with Gasteiger partial charge in [-0.05, 0) is 62.7 Å². The molecule has 2 unspecified atom stereocenters. The fraction of sp³-hybridized carbons (Fsp3) is 0.750. The zero-order valence-electron chi connectivity index (χ0n) is 14.3. The molecule has 3 aliphatic carbocycles. The highest BCUT2D eigenvalue weighted by Crippen LogP contribution is 2.63. The van der Waals surface area contributed by atoms with Crippen molar-refractivity contribution in [2.75, 3.05) is 0 Å². The van der Waals surface area contributed by atoms with E-state index in [0.29, 0.717) is 11.8 Å². The van der Waals surface area contributed by atoms with Crippen LogP contribution in [0.2, 0.25) is 0 Å². The molecule has 3 rings (SSSR count). The maximum atomic E-state index is 12.0. The quantitative estimate of drug-likeness (QED) is 0.711. The van der Waals surface area contributed by atoms with Crippen molar-refractivity contribution in [1.29, 1.82) is 0 Å². The Bertz CT molecular complexity index is 534. The zero-order valence-corrected chi connectivity index (χ0v) is 14.3. The Morgan fingerprint density at radius 3 is 2.64 bits per heavy atom. The molecule has 0 amide bonds. The maximum absolute atomic E-state index is 12.0. The average molecular weight is 302 g/mol. The van der Waals surface area contributed by atoms with E-state index in [4.69, 9.17) is 0 Å². The Balaban J connectivity index is 1.99. The topological polar surface area (TPSA) is 37.3 Å². The highest BCUT2D eigenvalue weighted by Gasteiger charge is 2.58. The summed E-state index contributed by atoms with van der Waals surface area (Å²) >= 11 is 0. The lowest BCUT2D eigenvalue weighted by Crippen LogP contribution is -2.54. The lowest BCUT2D eigenvalue weighted by Gasteiger charge is -2.59. The predicted octanol–water partition coefficient (Wildman–Crippen LogP) is 5.21. The van der Waals surface area contributed by atoms with E-state index in [1.54, 1.807) is 5.57 Å². The molecule has 2 fully saturated rings. The first kappa shape index (κ1) is 15.8. The second kappa shape index (κ2) is 4.97. The van der Waals surface area contributed by atoms with Crippen molar-refractivity contribution in [2.45, 2.75) is 65.7 Å². The van der Waals surface area contributed by atoms with Crippen LogP contribution in [0.15, 0.2) is 24.3 Å². The number of hydrogen-bond acceptors (Lipinski definition) is 1. The van der Waals surface area contributed by atoms with E-state index in [-0.39, 0.29) is 10.8 Å². The van der Waals surface area contributed by atoms with Gasteiger partial charge in [0.25, 0.3) is 0 Å². The van der Waals surface area contributed by atoms with Crippen LogP contribution in [0.25, 0.3) is 0 Å². The third-order valence-corrected chi connectivity index (χ3v) is 7.38. The number of hydrogen-bond donors (Lipinski definition) is 1. The molecule has 3 aliphatic rings. The summed E-state index contributed by atoms with van der Waals surface area (Å²) in [6.07, 6.45) is 12.1. The van der Waals surface area contributed by atoms with Crippen molar-refractivity contribution >= 4 is 5.97 Å². The first-order valence-electron chi connectivity index (χ1n) is 8.84. The van der Waals surface area contributed by atoms with Crippen LogP contribution in [0, 0.1) is 28.1 Å². The minimum Gasteiger partial charge on any atom is -0.481 e. The molecule has 2 saturated carbocycles. The summed E-state index contributed by atoms with van der Waals surface area (Å²) in [5.41, 5.74) is 1.36. The number of allylic oxidation sites excluding steroid dienone is 3. The fourth-order valence-electron chi connectivity index (χ4n) is 5.94. The van der Waals surface area contributed by atoms with Gasteiger partial charge in [0, 0.05) is 5.41 Å². The smallest absolute Gasteiger partial charge is 0.309 e. The maximum Gasteiger partial charge on any atom is 0.309 e.